The molecule has 3 heterocycles. The highest BCUT2D eigenvalue weighted by atomic mass is 16.5. The van der Waals surface area contributed by atoms with Crippen LogP contribution in [0.4, 0.5) is 0 Å². The lowest BCUT2D eigenvalue weighted by Crippen LogP contribution is -2.37. The van der Waals surface area contributed by atoms with Crippen molar-refractivity contribution >= 4 is 10.9 Å². The maximum absolute atomic E-state index is 12.9. The second-order valence-corrected chi connectivity index (χ2v) is 9.38. The number of aromatic amines is 1. The van der Waals surface area contributed by atoms with Gasteiger partial charge >= 0.3 is 0 Å². The smallest absolute Gasteiger partial charge is 0.252 e. The zero-order chi connectivity index (χ0) is 23.5. The molecule has 0 amide bonds. The molecule has 0 spiro atoms. The average Bonchev–Trinajstić information content (AvgIpc) is 3.43. The molecule has 1 saturated heterocycles. The number of pyridine rings is 1. The Labute approximate surface area is 193 Å². The summed E-state index contributed by atoms with van der Waals surface area (Å²) in [5.74, 6) is 0.896. The number of aliphatic hydroxyl groups excluding tert-OH is 1. The number of benzene rings is 1. The van der Waals surface area contributed by atoms with Crippen molar-refractivity contribution in [3.8, 4) is 0 Å². The summed E-state index contributed by atoms with van der Waals surface area (Å²) >= 11 is 0. The molecular weight excluding hydrogens is 420 g/mol. The largest absolute Gasteiger partial charge is 0.395 e. The Morgan fingerprint density at radius 3 is 2.76 bits per heavy atom. The van der Waals surface area contributed by atoms with Gasteiger partial charge in [0, 0.05) is 30.8 Å². The summed E-state index contributed by atoms with van der Waals surface area (Å²) in [4.78, 5) is 18.1. The van der Waals surface area contributed by atoms with Crippen LogP contribution in [0.1, 0.15) is 55.2 Å². The van der Waals surface area contributed by atoms with Gasteiger partial charge in [-0.2, -0.15) is 0 Å². The molecule has 9 nitrogen and oxygen atoms in total. The lowest BCUT2D eigenvalue weighted by atomic mass is 10.00. The maximum atomic E-state index is 12.9. The van der Waals surface area contributed by atoms with Crippen molar-refractivity contribution in [2.24, 2.45) is 5.92 Å². The summed E-state index contributed by atoms with van der Waals surface area (Å²) in [5.41, 5.74) is 3.70. The molecule has 0 bridgehead atoms. The van der Waals surface area contributed by atoms with Gasteiger partial charge in [0.25, 0.3) is 5.56 Å². The van der Waals surface area contributed by atoms with Gasteiger partial charge in [-0.25, -0.2) is 4.68 Å². The van der Waals surface area contributed by atoms with E-state index in [1.54, 1.807) is 0 Å². The average molecular weight is 455 g/mol. The second kappa shape index (κ2) is 10.1. The third-order valence-corrected chi connectivity index (χ3v) is 6.55. The Bertz CT molecular complexity index is 1150. The van der Waals surface area contributed by atoms with Crippen LogP contribution in [0.15, 0.2) is 23.0 Å². The fourth-order valence-corrected chi connectivity index (χ4v) is 4.72. The highest BCUT2D eigenvalue weighted by Crippen LogP contribution is 2.29. The van der Waals surface area contributed by atoms with Gasteiger partial charge in [-0.1, -0.05) is 13.8 Å². The first kappa shape index (κ1) is 23.5. The second-order valence-electron chi connectivity index (χ2n) is 9.38. The van der Waals surface area contributed by atoms with E-state index >= 15 is 0 Å². The fraction of sp³-hybridized carbons (Fsp3) is 0.583. The molecule has 9 heteroatoms. The van der Waals surface area contributed by atoms with E-state index in [2.05, 4.69) is 52.2 Å². The predicted octanol–water partition coefficient (Wildman–Crippen LogP) is 2.50. The molecule has 2 N–H and O–H groups in total. The zero-order valence-corrected chi connectivity index (χ0v) is 19.9. The number of tetrazole rings is 1. The van der Waals surface area contributed by atoms with Crippen LogP contribution in [0.25, 0.3) is 10.9 Å². The topological polar surface area (TPSA) is 109 Å². The van der Waals surface area contributed by atoms with Crippen LogP contribution in [0.5, 0.6) is 0 Å². The van der Waals surface area contributed by atoms with Crippen molar-refractivity contribution in [2.45, 2.75) is 65.8 Å². The van der Waals surface area contributed by atoms with Crippen LogP contribution in [-0.4, -0.2) is 61.1 Å². The highest BCUT2D eigenvalue weighted by molar-refractivity contribution is 5.80. The number of hydrogen-bond donors (Lipinski definition) is 2. The number of aromatic nitrogens is 5. The Balaban J connectivity index is 1.67. The van der Waals surface area contributed by atoms with Gasteiger partial charge in [0.15, 0.2) is 5.82 Å². The third-order valence-electron chi connectivity index (χ3n) is 6.55. The van der Waals surface area contributed by atoms with Gasteiger partial charge in [-0.15, -0.1) is 5.10 Å². The van der Waals surface area contributed by atoms with Crippen LogP contribution in [0.3, 0.4) is 0 Å². The van der Waals surface area contributed by atoms with Crippen molar-refractivity contribution in [1.29, 1.82) is 0 Å². The first-order chi connectivity index (χ1) is 15.9. The van der Waals surface area contributed by atoms with Crippen LogP contribution in [0, 0.1) is 19.8 Å². The molecule has 2 aromatic heterocycles. The molecule has 2 atom stereocenters. The number of ether oxygens (including phenoxy) is 1. The number of fused-ring (bicyclic) bond motifs is 1. The predicted molar refractivity (Wildman–Crippen MR) is 126 cm³/mol. The van der Waals surface area contributed by atoms with Crippen LogP contribution in [0.2, 0.25) is 0 Å². The number of hydrogen-bond acceptors (Lipinski definition) is 7. The minimum atomic E-state index is -0.164. The molecular formula is C24H34N6O3. The van der Waals surface area contributed by atoms with E-state index in [4.69, 9.17) is 4.74 Å². The molecule has 0 aliphatic carbocycles. The number of aliphatic hydroxyl groups is 1. The van der Waals surface area contributed by atoms with E-state index in [1.165, 1.54) is 5.56 Å². The van der Waals surface area contributed by atoms with Crippen molar-refractivity contribution in [1.82, 2.24) is 30.1 Å². The first-order valence-corrected chi connectivity index (χ1v) is 11.7. The van der Waals surface area contributed by atoms with Crippen LogP contribution < -0.4 is 5.56 Å². The quantitative estimate of drug-likeness (QED) is 0.511. The van der Waals surface area contributed by atoms with Crippen molar-refractivity contribution < 1.29 is 9.84 Å². The monoisotopic (exact) mass is 454 g/mol. The highest BCUT2D eigenvalue weighted by Gasteiger charge is 2.30. The van der Waals surface area contributed by atoms with Gasteiger partial charge in [0.2, 0.25) is 0 Å². The minimum Gasteiger partial charge on any atom is -0.395 e. The number of nitrogens with zero attached hydrogens (tertiary/aromatic N) is 5. The van der Waals surface area contributed by atoms with Gasteiger partial charge in [-0.3, -0.25) is 9.69 Å². The molecule has 1 aliphatic heterocycles. The van der Waals surface area contributed by atoms with E-state index in [-0.39, 0.29) is 30.2 Å². The number of nitrogens with one attached hydrogen (secondary N) is 1. The number of H-pyrrole nitrogens is 1. The molecule has 0 saturated carbocycles. The summed E-state index contributed by atoms with van der Waals surface area (Å²) in [5, 5.41) is 23.4. The summed E-state index contributed by atoms with van der Waals surface area (Å²) in [6.07, 6.45) is 2.16. The van der Waals surface area contributed by atoms with Gasteiger partial charge in [0.1, 0.15) is 0 Å². The normalized spacial score (nSPS) is 17.5. The van der Waals surface area contributed by atoms with E-state index < -0.39 is 0 Å². The standard InChI is InChI=1S/C24H34N6O3/c1-15(2)22(23-26-27-28-30(23)14-20-6-5-9-33-20)29(7-8-31)13-19-12-18-10-16(3)17(4)11-21(18)25-24(19)32/h10-12,15,20,22,31H,5-9,13-14H2,1-4H3,(H,25,32). The van der Waals surface area contributed by atoms with Crippen LogP contribution in [-0.2, 0) is 17.8 Å². The van der Waals surface area contributed by atoms with E-state index in [9.17, 15) is 9.90 Å². The Hall–Kier alpha value is -2.62. The van der Waals surface area contributed by atoms with Gasteiger partial charge in [-0.05, 0) is 77.7 Å². The van der Waals surface area contributed by atoms with Gasteiger partial charge in [0.05, 0.1) is 25.3 Å². The summed E-state index contributed by atoms with van der Waals surface area (Å²) in [7, 11) is 0. The van der Waals surface area contributed by atoms with Crippen LogP contribution >= 0.6 is 0 Å². The molecule has 3 aromatic rings. The Kier molecular flexibility index (Phi) is 7.21. The molecule has 33 heavy (non-hydrogen) atoms. The lowest BCUT2D eigenvalue weighted by molar-refractivity contribution is 0.0819. The Morgan fingerprint density at radius 1 is 1.27 bits per heavy atom. The maximum Gasteiger partial charge on any atom is 0.252 e. The number of aryl methyl sites for hydroxylation is 2. The molecule has 2 unspecified atom stereocenters. The molecule has 1 fully saturated rings. The first-order valence-electron chi connectivity index (χ1n) is 11.7. The summed E-state index contributed by atoms with van der Waals surface area (Å²) in [6, 6.07) is 5.90. The molecule has 1 aliphatic rings. The summed E-state index contributed by atoms with van der Waals surface area (Å²) in [6.45, 7) is 10.5. The zero-order valence-electron chi connectivity index (χ0n) is 19.9. The molecule has 178 valence electrons. The lowest BCUT2D eigenvalue weighted by Gasteiger charge is -2.33. The third kappa shape index (κ3) is 5.15. The van der Waals surface area contributed by atoms with Crippen molar-refractivity contribution in [2.75, 3.05) is 19.8 Å². The van der Waals surface area contributed by atoms with E-state index in [1.807, 2.05) is 23.7 Å². The Morgan fingerprint density at radius 2 is 2.06 bits per heavy atom. The minimum absolute atomic E-state index is 0.0275. The van der Waals surface area contributed by atoms with Crippen molar-refractivity contribution in [3.63, 3.8) is 0 Å². The van der Waals surface area contributed by atoms with Gasteiger partial charge < -0.3 is 14.8 Å². The van der Waals surface area contributed by atoms with E-state index in [0.717, 1.165) is 41.7 Å². The molecule has 1 aromatic carbocycles. The SMILES string of the molecule is Cc1cc2cc(CN(CCO)C(c3nnnn3CC3CCCO3)C(C)C)c(=O)[nH]c2cc1C. The molecule has 0 radical (unpaired) electrons. The summed E-state index contributed by atoms with van der Waals surface area (Å²) < 4.78 is 7.61. The fourth-order valence-electron chi connectivity index (χ4n) is 4.72. The van der Waals surface area contributed by atoms with E-state index in [0.29, 0.717) is 25.2 Å². The van der Waals surface area contributed by atoms with Crippen molar-refractivity contribution in [3.05, 3.63) is 51.1 Å². The molecule has 4 rings (SSSR count). The number of rotatable bonds is 9.